The van der Waals surface area contributed by atoms with Crippen LogP contribution in [0.25, 0.3) is 10.8 Å². The first kappa shape index (κ1) is 20.3. The van der Waals surface area contributed by atoms with E-state index in [0.717, 1.165) is 26.9 Å². The molecule has 5 aromatic rings. The molecule has 1 N–H and O–H groups in total. The minimum atomic E-state index is -3.27. The summed E-state index contributed by atoms with van der Waals surface area (Å²) in [5.74, 6) is 0.157. The highest BCUT2D eigenvalue weighted by Gasteiger charge is 2.40. The first-order valence-corrected chi connectivity index (χ1v) is 12.4. The smallest absolute Gasteiger partial charge is 0.154 e. The van der Waals surface area contributed by atoms with E-state index in [2.05, 4.69) is 0 Å². The average Bonchev–Trinajstić information content (AvgIpc) is 2.87. The molecule has 0 saturated heterocycles. The van der Waals surface area contributed by atoms with E-state index in [4.69, 9.17) is 0 Å². The second kappa shape index (κ2) is 8.49. The summed E-state index contributed by atoms with van der Waals surface area (Å²) in [6.45, 7) is 0. The molecule has 5 aromatic carbocycles. The van der Waals surface area contributed by atoms with Crippen LogP contribution in [0.4, 0.5) is 0 Å². The number of fused-ring (bicyclic) bond motifs is 1. The summed E-state index contributed by atoms with van der Waals surface area (Å²) < 4.78 is 15.4. The van der Waals surface area contributed by atoms with Crippen molar-refractivity contribution in [3.8, 4) is 5.75 Å². The molecule has 0 aliphatic carbocycles. The molecule has 2 nitrogen and oxygen atoms in total. The molecule has 0 aromatic heterocycles. The van der Waals surface area contributed by atoms with Crippen molar-refractivity contribution in [1.82, 2.24) is 0 Å². The van der Waals surface area contributed by atoms with Gasteiger partial charge < -0.3 is 9.67 Å². The van der Waals surface area contributed by atoms with Crippen molar-refractivity contribution in [1.29, 1.82) is 0 Å². The number of hydrogen-bond donors (Lipinski definition) is 1. The average molecular weight is 434 g/mol. The van der Waals surface area contributed by atoms with Crippen LogP contribution in [0.1, 0.15) is 16.8 Å². The summed E-state index contributed by atoms with van der Waals surface area (Å²) >= 11 is 0. The molecule has 0 aliphatic rings. The molecule has 1 unspecified atom stereocenters. The Kier molecular flexibility index (Phi) is 5.39. The van der Waals surface area contributed by atoms with Crippen molar-refractivity contribution >= 4 is 28.5 Å². The largest absolute Gasteiger partial charge is 0.508 e. The number of hydrogen-bond acceptors (Lipinski definition) is 2. The molecule has 5 rings (SSSR count). The number of aromatic hydroxyl groups is 1. The summed E-state index contributed by atoms with van der Waals surface area (Å²) in [5.41, 5.74) is 1.07. The number of phenolic OH excluding ortho intramolecular Hbond substituents is 1. The van der Waals surface area contributed by atoms with Crippen LogP contribution in [0, 0.1) is 0 Å². The van der Waals surface area contributed by atoms with Crippen LogP contribution < -0.4 is 10.6 Å². The van der Waals surface area contributed by atoms with Gasteiger partial charge in [0, 0.05) is 16.2 Å². The summed E-state index contributed by atoms with van der Waals surface area (Å²) in [5, 5.41) is 14.6. The fraction of sp³-hybridized carbons (Fsp3) is 0.0345. The standard InChI is InChI=1S/C29H23O2P/c30-27-21-20-22-12-10-11-19-26(22)28(27)29(23-13-4-1-5-14-23)32(31,24-15-6-2-7-16-24)25-17-8-3-9-18-25/h1-21,29-30H. The van der Waals surface area contributed by atoms with Crippen LogP contribution in [0.3, 0.4) is 0 Å². The minimum Gasteiger partial charge on any atom is -0.508 e. The van der Waals surface area contributed by atoms with E-state index in [0.29, 0.717) is 5.56 Å². The van der Waals surface area contributed by atoms with E-state index < -0.39 is 12.8 Å². The third-order valence-corrected chi connectivity index (χ3v) is 9.39. The lowest BCUT2D eigenvalue weighted by molar-refractivity contribution is 0.469. The first-order chi connectivity index (χ1) is 15.7. The third-order valence-electron chi connectivity index (χ3n) is 5.98. The molecular weight excluding hydrogens is 411 g/mol. The maximum Gasteiger partial charge on any atom is 0.154 e. The summed E-state index contributed by atoms with van der Waals surface area (Å²) in [6.07, 6.45) is 0. The van der Waals surface area contributed by atoms with Gasteiger partial charge in [-0.15, -0.1) is 0 Å². The van der Waals surface area contributed by atoms with Gasteiger partial charge in [-0.05, 0) is 22.4 Å². The van der Waals surface area contributed by atoms with Gasteiger partial charge in [0.1, 0.15) is 5.75 Å². The zero-order valence-corrected chi connectivity index (χ0v) is 18.4. The maximum absolute atomic E-state index is 15.4. The molecule has 0 radical (unpaired) electrons. The Hall–Kier alpha value is -3.61. The van der Waals surface area contributed by atoms with Gasteiger partial charge in [-0.2, -0.15) is 0 Å². The molecule has 0 spiro atoms. The van der Waals surface area contributed by atoms with Crippen LogP contribution in [-0.2, 0) is 4.57 Å². The van der Waals surface area contributed by atoms with E-state index in [1.165, 1.54) is 0 Å². The molecule has 0 bridgehead atoms. The molecule has 0 aliphatic heterocycles. The zero-order chi connectivity index (χ0) is 22.0. The lowest BCUT2D eigenvalue weighted by Crippen LogP contribution is -2.22. The van der Waals surface area contributed by atoms with Gasteiger partial charge in [0.25, 0.3) is 0 Å². The first-order valence-electron chi connectivity index (χ1n) is 10.7. The molecule has 1 atom stereocenters. The Morgan fingerprint density at radius 3 is 1.66 bits per heavy atom. The van der Waals surface area contributed by atoms with E-state index in [1.54, 1.807) is 6.07 Å². The SMILES string of the molecule is O=P(c1ccccc1)(c1ccccc1)C(c1ccccc1)c1c(O)ccc2ccccc12. The predicted molar refractivity (Wildman–Crippen MR) is 134 cm³/mol. The predicted octanol–water partition coefficient (Wildman–Crippen LogP) is 6.65. The molecule has 0 heterocycles. The van der Waals surface area contributed by atoms with Crippen molar-refractivity contribution < 1.29 is 9.67 Å². The van der Waals surface area contributed by atoms with Crippen LogP contribution in [0.2, 0.25) is 0 Å². The lowest BCUT2D eigenvalue weighted by Gasteiger charge is -2.31. The van der Waals surface area contributed by atoms with Crippen molar-refractivity contribution in [3.63, 3.8) is 0 Å². The highest BCUT2D eigenvalue weighted by atomic mass is 31.2. The van der Waals surface area contributed by atoms with Crippen LogP contribution >= 0.6 is 7.14 Å². The van der Waals surface area contributed by atoms with Crippen molar-refractivity contribution in [2.45, 2.75) is 5.66 Å². The van der Waals surface area contributed by atoms with Gasteiger partial charge in [0.15, 0.2) is 7.14 Å². The molecule has 0 saturated carbocycles. The van der Waals surface area contributed by atoms with Gasteiger partial charge in [0.05, 0.1) is 5.66 Å². The topological polar surface area (TPSA) is 37.3 Å². The Labute approximate surface area is 188 Å². The van der Waals surface area contributed by atoms with E-state index in [1.807, 2.05) is 121 Å². The summed E-state index contributed by atoms with van der Waals surface area (Å²) in [7, 11) is -3.27. The Balaban J connectivity index is 1.92. The highest BCUT2D eigenvalue weighted by molar-refractivity contribution is 7.79. The summed E-state index contributed by atoms with van der Waals surface area (Å²) in [6, 6.07) is 40.8. The van der Waals surface area contributed by atoms with Gasteiger partial charge in [0.2, 0.25) is 0 Å². The third kappa shape index (κ3) is 3.43. The maximum atomic E-state index is 15.4. The molecule has 156 valence electrons. The molecule has 32 heavy (non-hydrogen) atoms. The van der Waals surface area contributed by atoms with E-state index in [9.17, 15) is 5.11 Å². The van der Waals surface area contributed by atoms with Crippen molar-refractivity contribution in [2.75, 3.05) is 0 Å². The molecule has 0 fully saturated rings. The number of benzene rings is 5. The van der Waals surface area contributed by atoms with Gasteiger partial charge in [-0.1, -0.05) is 121 Å². The fourth-order valence-electron chi connectivity index (χ4n) is 4.51. The van der Waals surface area contributed by atoms with Gasteiger partial charge in [-0.3, -0.25) is 0 Å². The van der Waals surface area contributed by atoms with E-state index >= 15 is 4.57 Å². The second-order valence-electron chi connectivity index (χ2n) is 7.86. The Morgan fingerprint density at radius 1 is 0.562 bits per heavy atom. The minimum absolute atomic E-state index is 0.157. The molecular formula is C29H23O2P. The second-order valence-corrected chi connectivity index (χ2v) is 10.7. The van der Waals surface area contributed by atoms with Crippen molar-refractivity contribution in [3.05, 3.63) is 139 Å². The number of rotatable bonds is 5. The number of phenols is 1. The molecule has 0 amide bonds. The normalized spacial score (nSPS) is 12.5. The van der Waals surface area contributed by atoms with Crippen molar-refractivity contribution in [2.24, 2.45) is 0 Å². The zero-order valence-electron chi connectivity index (χ0n) is 17.5. The van der Waals surface area contributed by atoms with Gasteiger partial charge >= 0.3 is 0 Å². The van der Waals surface area contributed by atoms with Crippen LogP contribution in [0.15, 0.2) is 127 Å². The molecule has 3 heteroatoms. The summed E-state index contributed by atoms with van der Waals surface area (Å²) in [4.78, 5) is 0. The van der Waals surface area contributed by atoms with Crippen LogP contribution in [0.5, 0.6) is 5.75 Å². The lowest BCUT2D eigenvalue weighted by atomic mass is 9.97. The highest BCUT2D eigenvalue weighted by Crippen LogP contribution is 2.62. The Morgan fingerprint density at radius 2 is 1.06 bits per heavy atom. The van der Waals surface area contributed by atoms with E-state index in [-0.39, 0.29) is 5.75 Å². The quantitative estimate of drug-likeness (QED) is 0.315. The Bertz CT molecular complexity index is 1350. The fourth-order valence-corrected chi connectivity index (χ4v) is 7.86. The van der Waals surface area contributed by atoms with Gasteiger partial charge in [-0.25, -0.2) is 0 Å². The van der Waals surface area contributed by atoms with Crippen LogP contribution in [-0.4, -0.2) is 5.11 Å². The monoisotopic (exact) mass is 434 g/mol.